The summed E-state index contributed by atoms with van der Waals surface area (Å²) in [5.74, 6) is -0.898. The van der Waals surface area contributed by atoms with E-state index < -0.39 is 11.6 Å². The number of hydrogen-bond donors (Lipinski definition) is 2. The summed E-state index contributed by atoms with van der Waals surface area (Å²) in [4.78, 5) is 23.7. The van der Waals surface area contributed by atoms with Crippen LogP contribution < -0.4 is 5.32 Å². The largest absolute Gasteiger partial charge is 0.505 e. The van der Waals surface area contributed by atoms with Crippen LogP contribution in [0, 0.1) is 5.92 Å². The summed E-state index contributed by atoms with van der Waals surface area (Å²) < 4.78 is 0. The van der Waals surface area contributed by atoms with Gasteiger partial charge in [-0.15, -0.1) is 0 Å². The van der Waals surface area contributed by atoms with Crippen LogP contribution in [-0.2, 0) is 9.59 Å². The molecule has 0 aromatic rings. The van der Waals surface area contributed by atoms with E-state index >= 15 is 0 Å². The average molecular weight is 263 g/mol. The van der Waals surface area contributed by atoms with Crippen molar-refractivity contribution >= 4 is 11.6 Å². The summed E-state index contributed by atoms with van der Waals surface area (Å²) in [5, 5.41) is 12.9. The van der Waals surface area contributed by atoms with Crippen molar-refractivity contribution in [3.8, 4) is 0 Å². The number of hydrogen-bond acceptors (Lipinski definition) is 4. The molecule has 104 valence electrons. The quantitative estimate of drug-likeness (QED) is 0.464. The maximum Gasteiger partial charge on any atom is 0.233 e. The summed E-state index contributed by atoms with van der Waals surface area (Å²) >= 11 is 0. The number of aliphatic hydroxyl groups is 1. The molecule has 0 atom stereocenters. The zero-order valence-corrected chi connectivity index (χ0v) is 12.1. The Morgan fingerprint density at radius 1 is 1.32 bits per heavy atom. The smallest absolute Gasteiger partial charge is 0.233 e. The Bertz CT molecular complexity index is 507. The molecule has 0 spiro atoms. The van der Waals surface area contributed by atoms with Crippen molar-refractivity contribution in [1.29, 1.82) is 0 Å². The molecule has 19 heavy (non-hydrogen) atoms. The van der Waals surface area contributed by atoms with Crippen LogP contribution in [0.3, 0.4) is 0 Å². The fourth-order valence-electron chi connectivity index (χ4n) is 1.85. The minimum Gasteiger partial charge on any atom is -0.505 e. The summed E-state index contributed by atoms with van der Waals surface area (Å²) in [6, 6.07) is 0. The number of likely N-dealkylation sites (N-methyl/N-ethyl adjacent to an activating group) is 1. The van der Waals surface area contributed by atoms with Gasteiger partial charge in [0.2, 0.25) is 11.6 Å². The molecule has 0 saturated heterocycles. The van der Waals surface area contributed by atoms with Gasteiger partial charge in [-0.2, -0.15) is 0 Å². The second-order valence-corrected chi connectivity index (χ2v) is 5.04. The molecule has 0 radical (unpaired) electrons. The van der Waals surface area contributed by atoms with Gasteiger partial charge in [0.25, 0.3) is 0 Å². The molecule has 1 aliphatic rings. The number of aliphatic hydroxyl groups excluding tert-OH is 1. The SMILES string of the molecule is CNC1=C(C)C(=O)C(=O)C(C/C=C(\C)C(C)C)=C1O. The predicted octanol–water partition coefficient (Wildman–Crippen LogP) is 2.44. The number of nitrogens with one attached hydrogen (secondary N) is 1. The van der Waals surface area contributed by atoms with E-state index in [4.69, 9.17) is 0 Å². The van der Waals surface area contributed by atoms with Crippen molar-refractivity contribution in [3.63, 3.8) is 0 Å². The molecule has 4 nitrogen and oxygen atoms in total. The molecular weight excluding hydrogens is 242 g/mol. The molecule has 0 heterocycles. The monoisotopic (exact) mass is 263 g/mol. The Morgan fingerprint density at radius 3 is 2.37 bits per heavy atom. The Labute approximate surface area is 113 Å². The second-order valence-electron chi connectivity index (χ2n) is 5.04. The maximum absolute atomic E-state index is 11.9. The summed E-state index contributed by atoms with van der Waals surface area (Å²) in [7, 11) is 1.62. The molecule has 2 N–H and O–H groups in total. The minimum absolute atomic E-state index is 0.114. The van der Waals surface area contributed by atoms with Crippen LogP contribution in [0.1, 0.15) is 34.1 Å². The van der Waals surface area contributed by atoms with E-state index in [1.54, 1.807) is 7.05 Å². The van der Waals surface area contributed by atoms with E-state index in [2.05, 4.69) is 19.2 Å². The second kappa shape index (κ2) is 5.87. The lowest BCUT2D eigenvalue weighted by atomic mass is 9.90. The average Bonchev–Trinajstić information content (AvgIpc) is 2.36. The van der Waals surface area contributed by atoms with Gasteiger partial charge < -0.3 is 10.4 Å². The van der Waals surface area contributed by atoms with E-state index in [0.29, 0.717) is 11.6 Å². The first-order valence-corrected chi connectivity index (χ1v) is 6.38. The van der Waals surface area contributed by atoms with Gasteiger partial charge in [0, 0.05) is 12.6 Å². The lowest BCUT2D eigenvalue weighted by Crippen LogP contribution is -2.29. The van der Waals surface area contributed by atoms with E-state index in [-0.39, 0.29) is 23.3 Å². The van der Waals surface area contributed by atoms with Crippen LogP contribution in [0.15, 0.2) is 34.3 Å². The van der Waals surface area contributed by atoms with Crippen LogP contribution in [0.4, 0.5) is 0 Å². The first kappa shape index (κ1) is 15.2. The van der Waals surface area contributed by atoms with Crippen LogP contribution in [-0.4, -0.2) is 23.7 Å². The highest BCUT2D eigenvalue weighted by Gasteiger charge is 2.31. The number of rotatable bonds is 4. The fraction of sp³-hybridized carbons (Fsp3) is 0.467. The summed E-state index contributed by atoms with van der Waals surface area (Å²) in [6.07, 6.45) is 2.16. The number of ketones is 2. The van der Waals surface area contributed by atoms with Crippen molar-refractivity contribution in [2.45, 2.75) is 34.1 Å². The van der Waals surface area contributed by atoms with Gasteiger partial charge in [-0.25, -0.2) is 0 Å². The van der Waals surface area contributed by atoms with Gasteiger partial charge in [0.05, 0.1) is 11.3 Å². The molecule has 0 bridgehead atoms. The van der Waals surface area contributed by atoms with Gasteiger partial charge in [-0.05, 0) is 26.2 Å². The van der Waals surface area contributed by atoms with E-state index in [9.17, 15) is 14.7 Å². The third-order valence-corrected chi connectivity index (χ3v) is 3.51. The maximum atomic E-state index is 11.9. The first-order valence-electron chi connectivity index (χ1n) is 6.38. The van der Waals surface area contributed by atoms with Crippen LogP contribution >= 0.6 is 0 Å². The van der Waals surface area contributed by atoms with E-state index in [1.807, 2.05) is 13.0 Å². The van der Waals surface area contributed by atoms with Gasteiger partial charge in [-0.1, -0.05) is 25.5 Å². The molecule has 1 aliphatic carbocycles. The van der Waals surface area contributed by atoms with Crippen LogP contribution in [0.2, 0.25) is 0 Å². The first-order chi connectivity index (χ1) is 8.81. The van der Waals surface area contributed by atoms with Gasteiger partial charge in [0.15, 0.2) is 0 Å². The Kier molecular flexibility index (Phi) is 4.70. The molecule has 1 rings (SSSR count). The van der Waals surface area contributed by atoms with Crippen molar-refractivity contribution in [2.24, 2.45) is 5.92 Å². The van der Waals surface area contributed by atoms with Crippen LogP contribution in [0.25, 0.3) is 0 Å². The Morgan fingerprint density at radius 2 is 1.89 bits per heavy atom. The summed E-state index contributed by atoms with van der Waals surface area (Å²) in [5.41, 5.74) is 1.89. The number of carbonyl (C=O) groups excluding carboxylic acids is 2. The van der Waals surface area contributed by atoms with Crippen molar-refractivity contribution < 1.29 is 14.7 Å². The van der Waals surface area contributed by atoms with Gasteiger partial charge in [0.1, 0.15) is 5.76 Å². The highest BCUT2D eigenvalue weighted by Crippen LogP contribution is 2.25. The molecule has 0 aromatic carbocycles. The molecule has 0 unspecified atom stereocenters. The third kappa shape index (κ3) is 2.95. The zero-order valence-electron chi connectivity index (χ0n) is 12.1. The fourth-order valence-corrected chi connectivity index (χ4v) is 1.85. The van der Waals surface area contributed by atoms with Crippen LogP contribution in [0.5, 0.6) is 0 Å². The highest BCUT2D eigenvalue weighted by molar-refractivity contribution is 6.50. The van der Waals surface area contributed by atoms with Crippen molar-refractivity contribution in [2.75, 3.05) is 7.05 Å². The van der Waals surface area contributed by atoms with Crippen molar-refractivity contribution in [1.82, 2.24) is 5.32 Å². The Balaban J connectivity index is 3.17. The van der Waals surface area contributed by atoms with Gasteiger partial charge >= 0.3 is 0 Å². The topological polar surface area (TPSA) is 66.4 Å². The van der Waals surface area contributed by atoms with E-state index in [0.717, 1.165) is 5.57 Å². The molecule has 0 saturated carbocycles. The number of carbonyl (C=O) groups is 2. The normalized spacial score (nSPS) is 17.7. The summed E-state index contributed by atoms with van der Waals surface area (Å²) in [6.45, 7) is 7.61. The minimum atomic E-state index is -0.609. The number of allylic oxidation sites excluding steroid dienone is 4. The Hall–Kier alpha value is -1.84. The molecule has 4 heteroatoms. The molecule has 0 fully saturated rings. The molecular formula is C15H21NO3. The molecule has 0 aromatic heterocycles. The molecule has 0 aliphatic heterocycles. The van der Waals surface area contributed by atoms with Gasteiger partial charge in [-0.3, -0.25) is 9.59 Å². The zero-order chi connectivity index (χ0) is 14.7. The van der Waals surface area contributed by atoms with E-state index in [1.165, 1.54) is 6.92 Å². The third-order valence-electron chi connectivity index (χ3n) is 3.51. The standard InChI is InChI=1S/C15H21NO3/c1-8(2)9(3)6-7-11-14(18)12(16-5)10(4)13(17)15(11)19/h6,8,16,18H,7H2,1-5H3/b9-6+. The highest BCUT2D eigenvalue weighted by atomic mass is 16.3. The lowest BCUT2D eigenvalue weighted by molar-refractivity contribution is -0.132. The predicted molar refractivity (Wildman–Crippen MR) is 74.6 cm³/mol. The number of Topliss-reactive ketones (excluding diaryl/α,β-unsaturated/α-hetero) is 2. The lowest BCUT2D eigenvalue weighted by Gasteiger charge is -2.19. The molecule has 0 amide bonds. The van der Waals surface area contributed by atoms with Crippen molar-refractivity contribution in [3.05, 3.63) is 34.3 Å².